The fourth-order valence-electron chi connectivity index (χ4n) is 9.58. The van der Waals surface area contributed by atoms with E-state index in [2.05, 4.69) is 213 Å². The second kappa shape index (κ2) is 14.0. The third kappa shape index (κ3) is 5.87. The molecule has 1 atom stereocenters. The van der Waals surface area contributed by atoms with Crippen LogP contribution in [-0.4, -0.2) is 0 Å². The molecular formula is C55H45N. The van der Waals surface area contributed by atoms with Gasteiger partial charge in [0.25, 0.3) is 0 Å². The molecular weight excluding hydrogens is 675 g/mol. The van der Waals surface area contributed by atoms with Crippen molar-refractivity contribution in [2.24, 2.45) is 0 Å². The molecule has 56 heavy (non-hydrogen) atoms. The van der Waals surface area contributed by atoms with Crippen LogP contribution in [0.25, 0.3) is 43.4 Å². The Morgan fingerprint density at radius 1 is 0.464 bits per heavy atom. The first-order valence-corrected chi connectivity index (χ1v) is 20.1. The maximum absolute atomic E-state index is 2.57. The lowest BCUT2D eigenvalue weighted by atomic mass is 9.80. The van der Waals surface area contributed by atoms with E-state index in [1.54, 1.807) is 0 Å². The molecule has 1 heteroatoms. The molecule has 0 saturated heterocycles. The summed E-state index contributed by atoms with van der Waals surface area (Å²) in [6, 6.07) is 71.9. The topological polar surface area (TPSA) is 3.24 Å². The van der Waals surface area contributed by atoms with Crippen molar-refractivity contribution in [3.63, 3.8) is 0 Å². The van der Waals surface area contributed by atoms with E-state index in [0.717, 1.165) is 24.9 Å². The van der Waals surface area contributed by atoms with Crippen molar-refractivity contribution in [2.75, 3.05) is 4.90 Å². The number of rotatable bonds is 9. The highest BCUT2D eigenvalue weighted by Gasteiger charge is 2.38. The summed E-state index contributed by atoms with van der Waals surface area (Å²) in [5.74, 6) is 0.403. The van der Waals surface area contributed by atoms with Crippen molar-refractivity contribution in [3.8, 4) is 11.1 Å². The van der Waals surface area contributed by atoms with Crippen LogP contribution in [0.2, 0.25) is 0 Å². The summed E-state index contributed by atoms with van der Waals surface area (Å²) in [5, 5.41) is 7.90. The number of para-hydroxylation sites is 1. The molecule has 0 aliphatic heterocycles. The fourth-order valence-corrected chi connectivity index (χ4v) is 9.58. The molecule has 0 amide bonds. The van der Waals surface area contributed by atoms with Crippen LogP contribution in [0, 0.1) is 0 Å². The first-order valence-electron chi connectivity index (χ1n) is 20.1. The third-order valence-electron chi connectivity index (χ3n) is 12.4. The molecule has 10 rings (SSSR count). The number of aryl methyl sites for hydroxylation is 1. The fraction of sp³-hybridized carbons (Fsp3) is 0.127. The Morgan fingerprint density at radius 3 is 1.84 bits per heavy atom. The monoisotopic (exact) mass is 719 g/mol. The van der Waals surface area contributed by atoms with E-state index in [9.17, 15) is 0 Å². The van der Waals surface area contributed by atoms with Gasteiger partial charge in [-0.3, -0.25) is 0 Å². The summed E-state index contributed by atoms with van der Waals surface area (Å²) < 4.78 is 0. The van der Waals surface area contributed by atoms with Crippen LogP contribution >= 0.6 is 0 Å². The third-order valence-corrected chi connectivity index (χ3v) is 12.4. The molecule has 1 nitrogen and oxygen atoms in total. The summed E-state index contributed by atoms with van der Waals surface area (Å²) >= 11 is 0. The summed E-state index contributed by atoms with van der Waals surface area (Å²) in [7, 11) is 0. The normalized spacial score (nSPS) is 13.5. The van der Waals surface area contributed by atoms with E-state index in [1.807, 2.05) is 0 Å². The molecule has 0 heterocycles. The first kappa shape index (κ1) is 34.1. The summed E-state index contributed by atoms with van der Waals surface area (Å²) in [4.78, 5) is 2.44. The Hall–Kier alpha value is -6.44. The average Bonchev–Trinajstić information content (AvgIpc) is 3.48. The minimum atomic E-state index is -0.178. The van der Waals surface area contributed by atoms with Crippen molar-refractivity contribution in [1.29, 1.82) is 0 Å². The van der Waals surface area contributed by atoms with Crippen LogP contribution in [0.4, 0.5) is 17.1 Å². The van der Waals surface area contributed by atoms with Crippen LogP contribution in [0.3, 0.4) is 0 Å². The van der Waals surface area contributed by atoms with Crippen molar-refractivity contribution in [2.45, 2.75) is 44.4 Å². The Morgan fingerprint density at radius 2 is 1.07 bits per heavy atom. The predicted octanol–water partition coefficient (Wildman–Crippen LogP) is 14.9. The maximum atomic E-state index is 2.57. The largest absolute Gasteiger partial charge is 0.310 e. The Labute approximate surface area is 330 Å². The molecule has 0 saturated carbocycles. The van der Waals surface area contributed by atoms with Gasteiger partial charge in [-0.05, 0) is 121 Å². The van der Waals surface area contributed by atoms with Crippen molar-refractivity contribution >= 4 is 49.4 Å². The van der Waals surface area contributed by atoms with E-state index in [-0.39, 0.29) is 5.41 Å². The SMILES string of the molecule is CC1(C)c2cc(N(c3ccccc3)c3cccc4ccccc34)ccc2-c2c1cc(CCC(Cc1cccc3ccccc13)c1ccccc1)c1ccccc21. The molecule has 1 aliphatic rings. The molecule has 0 spiro atoms. The van der Waals surface area contributed by atoms with E-state index >= 15 is 0 Å². The molecule has 9 aromatic rings. The molecule has 1 aliphatic carbocycles. The van der Waals surface area contributed by atoms with Gasteiger partial charge in [0.15, 0.2) is 0 Å². The number of benzene rings is 9. The number of fused-ring (bicyclic) bond motifs is 7. The zero-order valence-corrected chi connectivity index (χ0v) is 32.1. The zero-order chi connectivity index (χ0) is 37.6. The van der Waals surface area contributed by atoms with Crippen molar-refractivity contribution in [1.82, 2.24) is 0 Å². The Bertz CT molecular complexity index is 2860. The van der Waals surface area contributed by atoms with Crippen LogP contribution in [0.1, 0.15) is 54.0 Å². The van der Waals surface area contributed by atoms with Crippen LogP contribution in [-0.2, 0) is 18.3 Å². The summed E-state index contributed by atoms with van der Waals surface area (Å²) in [6.45, 7) is 4.86. The second-order valence-corrected chi connectivity index (χ2v) is 16.0. The highest BCUT2D eigenvalue weighted by atomic mass is 15.1. The smallest absolute Gasteiger partial charge is 0.0540 e. The highest BCUT2D eigenvalue weighted by Crippen LogP contribution is 2.54. The van der Waals surface area contributed by atoms with Crippen LogP contribution in [0.15, 0.2) is 194 Å². The molecule has 0 bridgehead atoms. The molecule has 9 aromatic carbocycles. The van der Waals surface area contributed by atoms with Gasteiger partial charge in [0.2, 0.25) is 0 Å². The van der Waals surface area contributed by atoms with Gasteiger partial charge >= 0.3 is 0 Å². The van der Waals surface area contributed by atoms with Gasteiger partial charge in [0.1, 0.15) is 0 Å². The zero-order valence-electron chi connectivity index (χ0n) is 32.1. The average molecular weight is 720 g/mol. The first-order chi connectivity index (χ1) is 27.5. The van der Waals surface area contributed by atoms with Gasteiger partial charge < -0.3 is 4.90 Å². The second-order valence-electron chi connectivity index (χ2n) is 16.0. The van der Waals surface area contributed by atoms with Crippen molar-refractivity contribution < 1.29 is 0 Å². The van der Waals surface area contributed by atoms with Gasteiger partial charge in [-0.15, -0.1) is 0 Å². The Kier molecular flexibility index (Phi) is 8.52. The number of hydrogen-bond donors (Lipinski definition) is 0. The lowest BCUT2D eigenvalue weighted by Crippen LogP contribution is -2.17. The van der Waals surface area contributed by atoms with Gasteiger partial charge in [-0.25, -0.2) is 0 Å². The maximum Gasteiger partial charge on any atom is 0.0540 e. The van der Waals surface area contributed by atoms with E-state index in [4.69, 9.17) is 0 Å². The lowest BCUT2D eigenvalue weighted by molar-refractivity contribution is 0.622. The van der Waals surface area contributed by atoms with E-state index < -0.39 is 0 Å². The van der Waals surface area contributed by atoms with Gasteiger partial charge in [0, 0.05) is 22.2 Å². The number of nitrogens with zero attached hydrogens (tertiary/aromatic N) is 1. The minimum absolute atomic E-state index is 0.178. The summed E-state index contributed by atoms with van der Waals surface area (Å²) in [5.41, 5.74) is 13.2. The summed E-state index contributed by atoms with van der Waals surface area (Å²) in [6.07, 6.45) is 3.10. The highest BCUT2D eigenvalue weighted by molar-refractivity contribution is 6.05. The minimum Gasteiger partial charge on any atom is -0.310 e. The standard InChI is InChI=1S/C55H45N/c1-55(2)51-37-45(56(44-24-7-4-8-25-44)53-30-16-22-40-20-10-12-28-48(40)53)33-34-50(51)54-49-29-14-13-27-47(49)43(36-52(54)55)32-31-41(38-17-5-3-6-18-38)35-42-23-15-21-39-19-9-11-26-46(39)42/h3-30,33-34,36-37,41H,31-32,35H2,1-2H3. The lowest BCUT2D eigenvalue weighted by Gasteiger charge is -2.29. The molecule has 0 radical (unpaired) electrons. The van der Waals surface area contributed by atoms with Gasteiger partial charge in [0.05, 0.1) is 5.69 Å². The van der Waals surface area contributed by atoms with Crippen LogP contribution in [0.5, 0.6) is 0 Å². The number of hydrogen-bond acceptors (Lipinski definition) is 1. The van der Waals surface area contributed by atoms with Crippen LogP contribution < -0.4 is 4.90 Å². The van der Waals surface area contributed by atoms with Gasteiger partial charge in [-0.2, -0.15) is 0 Å². The molecule has 0 N–H and O–H groups in total. The predicted molar refractivity (Wildman–Crippen MR) is 239 cm³/mol. The quantitative estimate of drug-likeness (QED) is 0.144. The molecule has 270 valence electrons. The van der Waals surface area contributed by atoms with Crippen molar-refractivity contribution in [3.05, 3.63) is 222 Å². The molecule has 1 unspecified atom stereocenters. The van der Waals surface area contributed by atoms with E-state index in [1.165, 1.54) is 82.6 Å². The van der Waals surface area contributed by atoms with Gasteiger partial charge in [-0.1, -0.05) is 178 Å². The van der Waals surface area contributed by atoms with E-state index in [0.29, 0.717) is 5.92 Å². The molecule has 0 fully saturated rings. The molecule has 0 aromatic heterocycles. The Balaban J connectivity index is 1.05. The number of anilines is 3.